The molecule has 0 heterocycles. The summed E-state index contributed by atoms with van der Waals surface area (Å²) >= 11 is 3.54. The highest BCUT2D eigenvalue weighted by molar-refractivity contribution is 9.09. The minimum Gasteiger partial charge on any atom is -0.494 e. The zero-order valence-corrected chi connectivity index (χ0v) is 11.6. The molecule has 2 aromatic rings. The van der Waals surface area contributed by atoms with Gasteiger partial charge in [0.2, 0.25) is 0 Å². The highest BCUT2D eigenvalue weighted by Gasteiger charge is 1.98. The lowest BCUT2D eigenvalue weighted by atomic mass is 10.1. The van der Waals surface area contributed by atoms with Gasteiger partial charge in [0, 0.05) is 4.83 Å². The van der Waals surface area contributed by atoms with Crippen molar-refractivity contribution < 1.29 is 4.74 Å². The maximum atomic E-state index is 5.74. The largest absolute Gasteiger partial charge is 0.494 e. The summed E-state index contributed by atoms with van der Waals surface area (Å²) in [6.07, 6.45) is 2.23. The normalized spacial score (nSPS) is 12.6. The second-order valence-corrected chi connectivity index (χ2v) is 5.84. The van der Waals surface area contributed by atoms with Crippen LogP contribution in [0, 0.1) is 0 Å². The first-order valence-electron chi connectivity index (χ1n) is 6.01. The minimum absolute atomic E-state index is 0.572. The van der Waals surface area contributed by atoms with Crippen molar-refractivity contribution in [1.29, 1.82) is 0 Å². The summed E-state index contributed by atoms with van der Waals surface area (Å²) in [6.45, 7) is 2.95. The van der Waals surface area contributed by atoms with Gasteiger partial charge >= 0.3 is 0 Å². The molecule has 0 aliphatic heterocycles. The van der Waals surface area contributed by atoms with Crippen molar-refractivity contribution in [2.45, 2.75) is 24.6 Å². The molecule has 0 saturated carbocycles. The summed E-state index contributed by atoms with van der Waals surface area (Å²) < 4.78 is 5.74. The summed E-state index contributed by atoms with van der Waals surface area (Å²) in [7, 11) is 0. The minimum atomic E-state index is 0.572. The van der Waals surface area contributed by atoms with Crippen LogP contribution in [0.25, 0.3) is 10.8 Å². The van der Waals surface area contributed by atoms with Gasteiger partial charge in [-0.15, -0.1) is 0 Å². The second kappa shape index (κ2) is 6.06. The lowest BCUT2D eigenvalue weighted by molar-refractivity contribution is 0.307. The summed E-state index contributed by atoms with van der Waals surface area (Å²) in [6, 6.07) is 14.6. The van der Waals surface area contributed by atoms with Crippen LogP contribution in [0.3, 0.4) is 0 Å². The van der Waals surface area contributed by atoms with Gasteiger partial charge in [0.1, 0.15) is 5.75 Å². The molecule has 90 valence electrons. The molecule has 17 heavy (non-hydrogen) atoms. The smallest absolute Gasteiger partial charge is 0.119 e. The molecular weight excluding hydrogens is 276 g/mol. The third-order valence-electron chi connectivity index (χ3n) is 2.74. The van der Waals surface area contributed by atoms with E-state index in [2.05, 4.69) is 59.3 Å². The predicted octanol–water partition coefficient (Wildman–Crippen LogP) is 4.78. The Balaban J connectivity index is 1.95. The Morgan fingerprint density at radius 1 is 1.12 bits per heavy atom. The van der Waals surface area contributed by atoms with Crippen LogP contribution in [0.5, 0.6) is 5.75 Å². The zero-order chi connectivity index (χ0) is 12.1. The number of halogens is 1. The molecular formula is C15H17BrO. The number of benzene rings is 2. The monoisotopic (exact) mass is 292 g/mol. The third kappa shape index (κ3) is 3.74. The zero-order valence-electron chi connectivity index (χ0n) is 10.0. The predicted molar refractivity (Wildman–Crippen MR) is 77.1 cm³/mol. The van der Waals surface area contributed by atoms with Crippen LogP contribution in [0.1, 0.15) is 19.8 Å². The molecule has 0 aliphatic rings. The average Bonchev–Trinajstić information content (AvgIpc) is 2.34. The molecule has 1 unspecified atom stereocenters. The van der Waals surface area contributed by atoms with Crippen molar-refractivity contribution in [2.24, 2.45) is 0 Å². The summed E-state index contributed by atoms with van der Waals surface area (Å²) in [5.74, 6) is 0.964. The number of alkyl halides is 1. The van der Waals surface area contributed by atoms with Gasteiger partial charge in [-0.1, -0.05) is 53.2 Å². The molecule has 1 nitrogen and oxygen atoms in total. The van der Waals surface area contributed by atoms with E-state index in [9.17, 15) is 0 Å². The SMILES string of the molecule is CC(Br)CCCOc1ccc2ccccc2c1. The van der Waals surface area contributed by atoms with E-state index in [-0.39, 0.29) is 0 Å². The van der Waals surface area contributed by atoms with E-state index in [1.165, 1.54) is 10.8 Å². The van der Waals surface area contributed by atoms with Gasteiger partial charge in [0.25, 0.3) is 0 Å². The Labute approximate surface area is 111 Å². The number of hydrogen-bond acceptors (Lipinski definition) is 1. The molecule has 2 rings (SSSR count). The fraction of sp³-hybridized carbons (Fsp3) is 0.333. The molecule has 0 saturated heterocycles. The van der Waals surface area contributed by atoms with Gasteiger partial charge < -0.3 is 4.74 Å². The highest BCUT2D eigenvalue weighted by atomic mass is 79.9. The van der Waals surface area contributed by atoms with Crippen molar-refractivity contribution >= 4 is 26.7 Å². The van der Waals surface area contributed by atoms with E-state index in [1.54, 1.807) is 0 Å². The van der Waals surface area contributed by atoms with Crippen LogP contribution in [0.15, 0.2) is 42.5 Å². The topological polar surface area (TPSA) is 9.23 Å². The Hall–Kier alpha value is -1.02. The van der Waals surface area contributed by atoms with E-state index in [0.29, 0.717) is 4.83 Å². The Morgan fingerprint density at radius 2 is 1.88 bits per heavy atom. The van der Waals surface area contributed by atoms with Crippen molar-refractivity contribution in [3.8, 4) is 5.75 Å². The number of rotatable bonds is 5. The lowest BCUT2D eigenvalue weighted by Crippen LogP contribution is -2.00. The van der Waals surface area contributed by atoms with Crippen molar-refractivity contribution in [1.82, 2.24) is 0 Å². The van der Waals surface area contributed by atoms with Gasteiger partial charge in [-0.2, -0.15) is 0 Å². The van der Waals surface area contributed by atoms with Gasteiger partial charge in [0.05, 0.1) is 6.61 Å². The molecule has 1 atom stereocenters. The Morgan fingerprint density at radius 3 is 2.65 bits per heavy atom. The van der Waals surface area contributed by atoms with Crippen LogP contribution in [0.4, 0.5) is 0 Å². The van der Waals surface area contributed by atoms with Gasteiger partial charge in [0.15, 0.2) is 0 Å². The molecule has 0 amide bonds. The number of ether oxygens (including phenoxy) is 1. The molecule has 0 bridgehead atoms. The van der Waals surface area contributed by atoms with Gasteiger partial charge in [-0.05, 0) is 35.7 Å². The van der Waals surface area contributed by atoms with Crippen molar-refractivity contribution in [3.63, 3.8) is 0 Å². The molecule has 2 aromatic carbocycles. The number of hydrogen-bond donors (Lipinski definition) is 0. The molecule has 0 spiro atoms. The summed E-state index contributed by atoms with van der Waals surface area (Å²) in [5.41, 5.74) is 0. The fourth-order valence-corrected chi connectivity index (χ4v) is 2.14. The molecule has 0 fully saturated rings. The van der Waals surface area contributed by atoms with E-state index >= 15 is 0 Å². The third-order valence-corrected chi connectivity index (χ3v) is 3.19. The Kier molecular flexibility index (Phi) is 4.43. The van der Waals surface area contributed by atoms with Crippen molar-refractivity contribution in [3.05, 3.63) is 42.5 Å². The van der Waals surface area contributed by atoms with E-state index < -0.39 is 0 Å². The van der Waals surface area contributed by atoms with Crippen LogP contribution in [-0.2, 0) is 0 Å². The van der Waals surface area contributed by atoms with E-state index in [4.69, 9.17) is 4.74 Å². The maximum Gasteiger partial charge on any atom is 0.119 e. The summed E-state index contributed by atoms with van der Waals surface area (Å²) in [5, 5.41) is 2.49. The summed E-state index contributed by atoms with van der Waals surface area (Å²) in [4.78, 5) is 0.572. The first kappa shape index (κ1) is 12.4. The van der Waals surface area contributed by atoms with Gasteiger partial charge in [-0.25, -0.2) is 0 Å². The highest BCUT2D eigenvalue weighted by Crippen LogP contribution is 2.20. The Bertz CT molecular complexity index is 479. The van der Waals surface area contributed by atoms with Crippen LogP contribution >= 0.6 is 15.9 Å². The average molecular weight is 293 g/mol. The first-order valence-corrected chi connectivity index (χ1v) is 6.93. The van der Waals surface area contributed by atoms with Crippen LogP contribution in [-0.4, -0.2) is 11.4 Å². The fourth-order valence-electron chi connectivity index (χ4n) is 1.81. The maximum absolute atomic E-state index is 5.74. The quantitative estimate of drug-likeness (QED) is 0.569. The van der Waals surface area contributed by atoms with E-state index in [1.807, 2.05) is 6.07 Å². The van der Waals surface area contributed by atoms with Crippen LogP contribution < -0.4 is 4.74 Å². The molecule has 2 heteroatoms. The molecule has 0 N–H and O–H groups in total. The standard InChI is InChI=1S/C15H17BrO/c1-12(16)5-4-10-17-15-9-8-13-6-2-3-7-14(13)11-15/h2-3,6-9,11-12H,4-5,10H2,1H3. The second-order valence-electron chi connectivity index (χ2n) is 4.28. The number of fused-ring (bicyclic) bond motifs is 1. The van der Waals surface area contributed by atoms with E-state index in [0.717, 1.165) is 25.2 Å². The molecule has 0 aliphatic carbocycles. The van der Waals surface area contributed by atoms with Gasteiger partial charge in [-0.3, -0.25) is 0 Å². The lowest BCUT2D eigenvalue weighted by Gasteiger charge is -2.08. The molecule has 0 aromatic heterocycles. The molecule has 0 radical (unpaired) electrons. The first-order chi connectivity index (χ1) is 8.25. The van der Waals surface area contributed by atoms with Crippen LogP contribution in [0.2, 0.25) is 0 Å². The van der Waals surface area contributed by atoms with Crippen molar-refractivity contribution in [2.75, 3.05) is 6.61 Å².